The fourth-order valence-electron chi connectivity index (χ4n) is 5.08. The van der Waals surface area contributed by atoms with Gasteiger partial charge in [-0.3, -0.25) is 9.59 Å². The maximum absolute atomic E-state index is 13.9. The molecule has 2 aromatic carbocycles. The van der Waals surface area contributed by atoms with Gasteiger partial charge in [0.25, 0.3) is 0 Å². The minimum atomic E-state index is -4.04. The lowest BCUT2D eigenvalue weighted by molar-refractivity contribution is -0.131. The van der Waals surface area contributed by atoms with Gasteiger partial charge in [0.15, 0.2) is 11.5 Å². The SMILES string of the molecule is CC[C@H](C)[C@H](NC(=O)CNC1CC1)C(=O)N[C@@H](Cc1ccccc1)[C@H](O)CN(CC(C)C)S(=O)(=O)c1ccc2c(c1)OCO2. The molecule has 4 rings (SSSR count). The average Bonchev–Trinajstić information content (AvgIpc) is 3.71. The van der Waals surface area contributed by atoms with E-state index in [1.807, 2.05) is 58.0 Å². The highest BCUT2D eigenvalue weighted by Crippen LogP contribution is 2.35. The van der Waals surface area contributed by atoms with Crippen molar-refractivity contribution in [2.75, 3.05) is 26.4 Å². The second-order valence-electron chi connectivity index (χ2n) is 12.2. The Morgan fingerprint density at radius 2 is 1.70 bits per heavy atom. The molecular formula is C32H46N4O7S. The van der Waals surface area contributed by atoms with Gasteiger partial charge >= 0.3 is 0 Å². The van der Waals surface area contributed by atoms with Crippen molar-refractivity contribution in [1.82, 2.24) is 20.3 Å². The van der Waals surface area contributed by atoms with Crippen LogP contribution in [0.15, 0.2) is 53.4 Å². The smallest absolute Gasteiger partial charge is 0.243 e. The zero-order chi connectivity index (χ0) is 31.9. The summed E-state index contributed by atoms with van der Waals surface area (Å²) in [6.45, 7) is 7.68. The van der Waals surface area contributed by atoms with Crippen LogP contribution in [0.4, 0.5) is 0 Å². The van der Waals surface area contributed by atoms with Crippen molar-refractivity contribution < 1.29 is 32.6 Å². The molecular weight excluding hydrogens is 584 g/mol. The summed E-state index contributed by atoms with van der Waals surface area (Å²) in [5.41, 5.74) is 0.864. The number of aliphatic hydroxyl groups is 1. The van der Waals surface area contributed by atoms with Crippen molar-refractivity contribution in [1.29, 1.82) is 0 Å². The molecule has 44 heavy (non-hydrogen) atoms. The minimum Gasteiger partial charge on any atom is -0.454 e. The number of nitrogens with zero attached hydrogens (tertiary/aromatic N) is 1. The van der Waals surface area contributed by atoms with Gasteiger partial charge in [0.05, 0.1) is 23.6 Å². The summed E-state index contributed by atoms with van der Waals surface area (Å²) in [6, 6.07) is 12.5. The van der Waals surface area contributed by atoms with Gasteiger partial charge in [-0.15, -0.1) is 0 Å². The molecule has 0 bridgehead atoms. The van der Waals surface area contributed by atoms with E-state index in [4.69, 9.17) is 9.47 Å². The lowest BCUT2D eigenvalue weighted by Gasteiger charge is -2.32. The van der Waals surface area contributed by atoms with Crippen LogP contribution in [-0.4, -0.2) is 80.3 Å². The van der Waals surface area contributed by atoms with Gasteiger partial charge in [-0.25, -0.2) is 8.42 Å². The zero-order valence-corrected chi connectivity index (χ0v) is 26.8. The standard InChI is InChI=1S/C32H46N4O7S/c1-5-22(4)31(35-30(38)17-33-24-11-12-24)32(39)34-26(15-23-9-7-6-8-10-23)27(37)19-36(18-21(2)3)44(40,41)25-13-14-28-29(16-25)43-20-42-28/h6-10,13-14,16,21-22,24,26-27,31,33,37H,5,11-12,15,17-20H2,1-4H3,(H,34,39)(H,35,38)/t22-,26-,27+,31-/m0/s1. The number of sulfonamides is 1. The first-order valence-corrected chi connectivity index (χ1v) is 16.9. The Morgan fingerprint density at radius 3 is 2.36 bits per heavy atom. The van der Waals surface area contributed by atoms with E-state index in [1.165, 1.54) is 16.4 Å². The van der Waals surface area contributed by atoms with Crippen LogP contribution in [0.5, 0.6) is 11.5 Å². The molecule has 11 nitrogen and oxygen atoms in total. The molecule has 1 aliphatic carbocycles. The van der Waals surface area contributed by atoms with E-state index in [-0.39, 0.29) is 55.5 Å². The lowest BCUT2D eigenvalue weighted by Crippen LogP contribution is -2.57. The highest BCUT2D eigenvalue weighted by Gasteiger charge is 2.34. The van der Waals surface area contributed by atoms with Crippen LogP contribution in [-0.2, 0) is 26.0 Å². The van der Waals surface area contributed by atoms with Gasteiger partial charge in [0, 0.05) is 25.2 Å². The summed E-state index contributed by atoms with van der Waals surface area (Å²) in [5, 5.41) is 20.6. The highest BCUT2D eigenvalue weighted by atomic mass is 32.2. The first-order valence-electron chi connectivity index (χ1n) is 15.4. The normalized spacial score (nSPS) is 17.2. The van der Waals surface area contributed by atoms with E-state index >= 15 is 0 Å². The molecule has 242 valence electrons. The Hall–Kier alpha value is -3.19. The number of carbonyl (C=O) groups is 2. The maximum Gasteiger partial charge on any atom is 0.243 e. The number of hydrogen-bond acceptors (Lipinski definition) is 8. The fourth-order valence-corrected chi connectivity index (χ4v) is 6.71. The minimum absolute atomic E-state index is 0.0171. The van der Waals surface area contributed by atoms with Gasteiger partial charge in [-0.1, -0.05) is 64.4 Å². The van der Waals surface area contributed by atoms with Crippen LogP contribution < -0.4 is 25.4 Å². The van der Waals surface area contributed by atoms with Crippen LogP contribution in [0.2, 0.25) is 0 Å². The number of rotatable bonds is 17. The van der Waals surface area contributed by atoms with Crippen LogP contribution in [0, 0.1) is 11.8 Å². The average molecular weight is 631 g/mol. The molecule has 4 N–H and O–H groups in total. The predicted octanol–water partition coefficient (Wildman–Crippen LogP) is 2.43. The summed E-state index contributed by atoms with van der Waals surface area (Å²) in [6.07, 6.45) is 1.74. The molecule has 12 heteroatoms. The highest BCUT2D eigenvalue weighted by molar-refractivity contribution is 7.89. The molecule has 0 radical (unpaired) electrons. The molecule has 0 unspecified atom stereocenters. The number of amides is 2. The first kappa shape index (κ1) is 33.7. The van der Waals surface area contributed by atoms with E-state index in [0.29, 0.717) is 24.0 Å². The Balaban J connectivity index is 1.55. The molecule has 1 fully saturated rings. The topological polar surface area (TPSA) is 146 Å². The van der Waals surface area contributed by atoms with Crippen LogP contribution in [0.1, 0.15) is 52.5 Å². The van der Waals surface area contributed by atoms with E-state index in [0.717, 1.165) is 18.4 Å². The Morgan fingerprint density at radius 1 is 1.00 bits per heavy atom. The molecule has 2 aromatic rings. The van der Waals surface area contributed by atoms with Gasteiger partial charge < -0.3 is 30.5 Å². The molecule has 0 aromatic heterocycles. The molecule has 4 atom stereocenters. The number of nitrogens with one attached hydrogen (secondary N) is 3. The number of fused-ring (bicyclic) bond motifs is 1. The summed E-state index contributed by atoms with van der Waals surface area (Å²) in [5.74, 6) is -0.0868. The quantitative estimate of drug-likeness (QED) is 0.209. The first-order chi connectivity index (χ1) is 21.0. The number of benzene rings is 2. The molecule has 1 heterocycles. The number of aliphatic hydroxyl groups excluding tert-OH is 1. The van der Waals surface area contributed by atoms with Gasteiger partial charge in [0.2, 0.25) is 28.6 Å². The van der Waals surface area contributed by atoms with Crippen molar-refractivity contribution in [3.05, 3.63) is 54.1 Å². The largest absolute Gasteiger partial charge is 0.454 e. The molecule has 2 amide bonds. The third kappa shape index (κ3) is 9.16. The monoisotopic (exact) mass is 630 g/mol. The van der Waals surface area contributed by atoms with E-state index in [9.17, 15) is 23.1 Å². The van der Waals surface area contributed by atoms with Crippen molar-refractivity contribution in [3.8, 4) is 11.5 Å². The zero-order valence-electron chi connectivity index (χ0n) is 26.0. The summed E-state index contributed by atoms with van der Waals surface area (Å²) in [7, 11) is -4.04. The van der Waals surface area contributed by atoms with E-state index < -0.39 is 34.1 Å². The molecule has 1 saturated carbocycles. The van der Waals surface area contributed by atoms with Crippen molar-refractivity contribution in [3.63, 3.8) is 0 Å². The molecule has 2 aliphatic rings. The summed E-state index contributed by atoms with van der Waals surface area (Å²) in [4.78, 5) is 26.4. The Bertz CT molecular complexity index is 1370. The number of carbonyl (C=O) groups excluding carboxylic acids is 2. The summed E-state index contributed by atoms with van der Waals surface area (Å²) < 4.78 is 39.7. The predicted molar refractivity (Wildman–Crippen MR) is 167 cm³/mol. The second kappa shape index (κ2) is 15.2. The van der Waals surface area contributed by atoms with Crippen molar-refractivity contribution in [2.45, 2.75) is 82.5 Å². The molecule has 0 spiro atoms. The number of hydrogen-bond donors (Lipinski definition) is 4. The molecule has 0 saturated heterocycles. The van der Waals surface area contributed by atoms with Crippen molar-refractivity contribution >= 4 is 21.8 Å². The number of ether oxygens (including phenoxy) is 2. The lowest BCUT2D eigenvalue weighted by atomic mass is 9.96. The fraction of sp³-hybridized carbons (Fsp3) is 0.562. The Kier molecular flexibility index (Phi) is 11.6. The third-order valence-electron chi connectivity index (χ3n) is 7.97. The van der Waals surface area contributed by atoms with E-state index in [2.05, 4.69) is 16.0 Å². The van der Waals surface area contributed by atoms with E-state index in [1.54, 1.807) is 6.07 Å². The van der Waals surface area contributed by atoms with Gasteiger partial charge in [-0.2, -0.15) is 4.31 Å². The van der Waals surface area contributed by atoms with Crippen LogP contribution >= 0.6 is 0 Å². The summed E-state index contributed by atoms with van der Waals surface area (Å²) >= 11 is 0. The molecule has 1 aliphatic heterocycles. The maximum atomic E-state index is 13.9. The van der Waals surface area contributed by atoms with Crippen LogP contribution in [0.3, 0.4) is 0 Å². The van der Waals surface area contributed by atoms with Gasteiger partial charge in [-0.05, 0) is 48.8 Å². The Labute approximate surface area is 260 Å². The second-order valence-corrected chi connectivity index (χ2v) is 14.1. The van der Waals surface area contributed by atoms with Crippen LogP contribution in [0.25, 0.3) is 0 Å². The van der Waals surface area contributed by atoms with Crippen molar-refractivity contribution in [2.24, 2.45) is 11.8 Å². The third-order valence-corrected chi connectivity index (χ3v) is 9.80. The van der Waals surface area contributed by atoms with Gasteiger partial charge in [0.1, 0.15) is 6.04 Å².